The standard InChI is InChI=1S/C17H21NO4/c19-15(20)8-14-9-17(10-14)6-7-18(12-17)16(21)22-11-13-4-2-1-3-5-13/h1-5,14H,6-12H2,(H,19,20). The van der Waals surface area contributed by atoms with E-state index in [0.717, 1.165) is 24.8 Å². The summed E-state index contributed by atoms with van der Waals surface area (Å²) < 4.78 is 5.36. The molecule has 2 aliphatic rings. The summed E-state index contributed by atoms with van der Waals surface area (Å²) in [6.45, 7) is 1.72. The van der Waals surface area contributed by atoms with Gasteiger partial charge in [-0.25, -0.2) is 4.79 Å². The fourth-order valence-corrected chi connectivity index (χ4v) is 3.79. The second-order valence-electron chi connectivity index (χ2n) is 6.58. The Hall–Kier alpha value is -2.04. The summed E-state index contributed by atoms with van der Waals surface area (Å²) in [4.78, 5) is 24.6. The molecule has 1 saturated heterocycles. The van der Waals surface area contributed by atoms with E-state index < -0.39 is 5.97 Å². The van der Waals surface area contributed by atoms with Crippen LogP contribution in [-0.2, 0) is 16.1 Å². The molecular weight excluding hydrogens is 282 g/mol. The maximum atomic E-state index is 12.1. The first-order valence-corrected chi connectivity index (χ1v) is 7.74. The zero-order valence-electron chi connectivity index (χ0n) is 12.5. The van der Waals surface area contributed by atoms with E-state index >= 15 is 0 Å². The van der Waals surface area contributed by atoms with Gasteiger partial charge >= 0.3 is 12.1 Å². The molecule has 5 nitrogen and oxygen atoms in total. The highest BCUT2D eigenvalue weighted by molar-refractivity contribution is 5.68. The van der Waals surface area contributed by atoms with Crippen molar-refractivity contribution >= 4 is 12.1 Å². The van der Waals surface area contributed by atoms with E-state index in [4.69, 9.17) is 9.84 Å². The van der Waals surface area contributed by atoms with Gasteiger partial charge in [-0.2, -0.15) is 0 Å². The fourth-order valence-electron chi connectivity index (χ4n) is 3.79. The molecule has 1 saturated carbocycles. The van der Waals surface area contributed by atoms with Crippen molar-refractivity contribution in [2.45, 2.75) is 32.3 Å². The monoisotopic (exact) mass is 303 g/mol. The molecule has 0 bridgehead atoms. The highest BCUT2D eigenvalue weighted by atomic mass is 16.6. The fraction of sp³-hybridized carbons (Fsp3) is 0.529. The summed E-state index contributed by atoms with van der Waals surface area (Å²) in [5, 5.41) is 8.81. The smallest absolute Gasteiger partial charge is 0.410 e. The number of carboxylic acids is 1. The summed E-state index contributed by atoms with van der Waals surface area (Å²) in [5.74, 6) is -0.449. The van der Waals surface area contributed by atoms with Crippen molar-refractivity contribution in [3.05, 3.63) is 35.9 Å². The molecule has 3 rings (SSSR count). The van der Waals surface area contributed by atoms with E-state index in [1.807, 2.05) is 30.3 Å². The quantitative estimate of drug-likeness (QED) is 0.928. The van der Waals surface area contributed by atoms with Crippen LogP contribution in [0, 0.1) is 11.3 Å². The van der Waals surface area contributed by atoms with Crippen molar-refractivity contribution in [2.75, 3.05) is 13.1 Å². The molecule has 1 aliphatic carbocycles. The van der Waals surface area contributed by atoms with Crippen LogP contribution in [0.15, 0.2) is 30.3 Å². The predicted molar refractivity (Wildman–Crippen MR) is 80.2 cm³/mol. The van der Waals surface area contributed by atoms with Crippen LogP contribution in [0.2, 0.25) is 0 Å². The maximum absolute atomic E-state index is 12.1. The summed E-state index contributed by atoms with van der Waals surface area (Å²) in [6.07, 6.45) is 2.79. The Labute approximate surface area is 129 Å². The van der Waals surface area contributed by atoms with Crippen LogP contribution in [0.5, 0.6) is 0 Å². The third-order valence-corrected chi connectivity index (χ3v) is 4.81. The molecule has 22 heavy (non-hydrogen) atoms. The second-order valence-corrected chi connectivity index (χ2v) is 6.58. The first kappa shape index (κ1) is 14.9. The number of hydrogen-bond acceptors (Lipinski definition) is 3. The third-order valence-electron chi connectivity index (χ3n) is 4.81. The number of aliphatic carboxylic acids is 1. The molecule has 5 heteroatoms. The molecule has 118 valence electrons. The van der Waals surface area contributed by atoms with Crippen LogP contribution in [0.4, 0.5) is 4.79 Å². The van der Waals surface area contributed by atoms with Gasteiger partial charge < -0.3 is 14.7 Å². The number of carbonyl (C=O) groups excluding carboxylic acids is 1. The zero-order valence-corrected chi connectivity index (χ0v) is 12.5. The van der Waals surface area contributed by atoms with Crippen molar-refractivity contribution in [3.63, 3.8) is 0 Å². The van der Waals surface area contributed by atoms with E-state index in [1.54, 1.807) is 4.90 Å². The third kappa shape index (κ3) is 3.24. The molecule has 1 aliphatic heterocycles. The molecule has 1 amide bonds. The van der Waals surface area contributed by atoms with Crippen molar-refractivity contribution < 1.29 is 19.4 Å². The Morgan fingerprint density at radius 3 is 2.68 bits per heavy atom. The molecule has 1 spiro atoms. The Bertz CT molecular complexity index is 551. The SMILES string of the molecule is O=C(O)CC1CC2(CCN(C(=O)OCc3ccccc3)C2)C1. The largest absolute Gasteiger partial charge is 0.481 e. The van der Waals surface area contributed by atoms with Gasteiger partial charge in [0.05, 0.1) is 0 Å². The molecule has 1 N–H and O–H groups in total. The lowest BCUT2D eigenvalue weighted by molar-refractivity contribution is -0.140. The lowest BCUT2D eigenvalue weighted by Crippen LogP contribution is -2.41. The second kappa shape index (κ2) is 5.99. The van der Waals surface area contributed by atoms with Crippen LogP contribution >= 0.6 is 0 Å². The van der Waals surface area contributed by atoms with Crippen LogP contribution in [0.1, 0.15) is 31.2 Å². The molecule has 0 aromatic heterocycles. The Morgan fingerprint density at radius 1 is 1.27 bits per heavy atom. The zero-order chi connectivity index (χ0) is 15.6. The van der Waals surface area contributed by atoms with Gasteiger partial charge in [-0.15, -0.1) is 0 Å². The average Bonchev–Trinajstić information content (AvgIpc) is 2.90. The van der Waals surface area contributed by atoms with E-state index in [2.05, 4.69) is 0 Å². The Morgan fingerprint density at radius 2 is 2.00 bits per heavy atom. The van der Waals surface area contributed by atoms with E-state index in [-0.39, 0.29) is 23.8 Å². The number of rotatable bonds is 4. The summed E-state index contributed by atoms with van der Waals surface area (Å²) in [6, 6.07) is 9.64. The van der Waals surface area contributed by atoms with Gasteiger partial charge in [0.2, 0.25) is 0 Å². The highest BCUT2D eigenvalue weighted by Crippen LogP contribution is 2.52. The van der Waals surface area contributed by atoms with E-state index in [0.29, 0.717) is 19.7 Å². The van der Waals surface area contributed by atoms with E-state index in [9.17, 15) is 9.59 Å². The number of carboxylic acid groups (broad SMARTS) is 1. The number of benzene rings is 1. The van der Waals surface area contributed by atoms with Gasteiger partial charge in [0.15, 0.2) is 0 Å². The summed E-state index contributed by atoms with van der Waals surface area (Å²) in [5.41, 5.74) is 1.13. The molecule has 0 unspecified atom stereocenters. The summed E-state index contributed by atoms with van der Waals surface area (Å²) in [7, 11) is 0. The molecule has 0 atom stereocenters. The summed E-state index contributed by atoms with van der Waals surface area (Å²) >= 11 is 0. The number of hydrogen-bond donors (Lipinski definition) is 1. The number of nitrogens with zero attached hydrogens (tertiary/aromatic N) is 1. The van der Waals surface area contributed by atoms with Crippen LogP contribution in [-0.4, -0.2) is 35.2 Å². The first-order valence-electron chi connectivity index (χ1n) is 7.74. The van der Waals surface area contributed by atoms with Crippen molar-refractivity contribution in [1.82, 2.24) is 4.90 Å². The Balaban J connectivity index is 1.45. The van der Waals surface area contributed by atoms with Crippen molar-refractivity contribution in [1.29, 1.82) is 0 Å². The minimum Gasteiger partial charge on any atom is -0.481 e. The first-order chi connectivity index (χ1) is 10.6. The Kier molecular flexibility index (Phi) is 4.05. The normalized spacial score (nSPS) is 26.7. The van der Waals surface area contributed by atoms with Crippen molar-refractivity contribution in [2.24, 2.45) is 11.3 Å². The molecule has 2 fully saturated rings. The molecule has 1 aromatic carbocycles. The lowest BCUT2D eigenvalue weighted by atomic mass is 9.60. The number of carbonyl (C=O) groups is 2. The van der Waals surface area contributed by atoms with Gasteiger partial charge in [0.1, 0.15) is 6.61 Å². The predicted octanol–water partition coefficient (Wildman–Crippen LogP) is 2.90. The van der Waals surface area contributed by atoms with Crippen molar-refractivity contribution in [3.8, 4) is 0 Å². The molecule has 1 aromatic rings. The maximum Gasteiger partial charge on any atom is 0.410 e. The van der Waals surface area contributed by atoms with Crippen LogP contribution in [0.3, 0.4) is 0 Å². The highest BCUT2D eigenvalue weighted by Gasteiger charge is 2.49. The number of likely N-dealkylation sites (tertiary alicyclic amines) is 1. The lowest BCUT2D eigenvalue weighted by Gasteiger charge is -2.44. The van der Waals surface area contributed by atoms with Crippen LogP contribution in [0.25, 0.3) is 0 Å². The van der Waals surface area contributed by atoms with Gasteiger partial charge in [-0.05, 0) is 36.2 Å². The molecule has 1 heterocycles. The number of amides is 1. The topological polar surface area (TPSA) is 66.8 Å². The van der Waals surface area contributed by atoms with E-state index in [1.165, 1.54) is 0 Å². The van der Waals surface area contributed by atoms with Gasteiger partial charge in [0.25, 0.3) is 0 Å². The van der Waals surface area contributed by atoms with Crippen LogP contribution < -0.4 is 0 Å². The minimum absolute atomic E-state index is 0.145. The minimum atomic E-state index is -0.725. The average molecular weight is 303 g/mol. The van der Waals surface area contributed by atoms with Gasteiger partial charge in [0, 0.05) is 19.5 Å². The molecule has 0 radical (unpaired) electrons. The van der Waals surface area contributed by atoms with Gasteiger partial charge in [-0.3, -0.25) is 4.79 Å². The van der Waals surface area contributed by atoms with Gasteiger partial charge in [-0.1, -0.05) is 30.3 Å². The number of ether oxygens (including phenoxy) is 1. The molecular formula is C17H21NO4.